The summed E-state index contributed by atoms with van der Waals surface area (Å²) in [6.45, 7) is 2.16. The van der Waals surface area contributed by atoms with E-state index in [1.54, 1.807) is 12.5 Å². The molecule has 0 bridgehead atoms. The van der Waals surface area contributed by atoms with Crippen molar-refractivity contribution < 1.29 is 0 Å². The van der Waals surface area contributed by atoms with Gasteiger partial charge in [-0.3, -0.25) is 0 Å². The van der Waals surface area contributed by atoms with Crippen molar-refractivity contribution in [1.82, 2.24) is 9.55 Å². The van der Waals surface area contributed by atoms with Gasteiger partial charge in [-0.1, -0.05) is 24.3 Å². The molecule has 0 saturated heterocycles. The lowest BCUT2D eigenvalue weighted by Crippen LogP contribution is -2.07. The number of para-hydroxylation sites is 1. The van der Waals surface area contributed by atoms with Crippen LogP contribution in [0.1, 0.15) is 18.5 Å². The number of halogens is 1. The van der Waals surface area contributed by atoms with Gasteiger partial charge in [0, 0.05) is 34.3 Å². The van der Waals surface area contributed by atoms with Gasteiger partial charge in [-0.2, -0.15) is 0 Å². The molecule has 1 heterocycles. The fourth-order valence-electron chi connectivity index (χ4n) is 2.24. The predicted molar refractivity (Wildman–Crippen MR) is 89.7 cm³/mol. The van der Waals surface area contributed by atoms with E-state index in [1.165, 1.54) is 5.56 Å². The molecule has 4 heteroatoms. The zero-order valence-corrected chi connectivity index (χ0v) is 13.3. The third-order valence-corrected chi connectivity index (χ3v) is 4.13. The highest BCUT2D eigenvalue weighted by molar-refractivity contribution is 9.10. The smallest absolute Gasteiger partial charge is 0.0991 e. The number of nitrogens with zero attached hydrogens (tertiary/aromatic N) is 2. The summed E-state index contributed by atoms with van der Waals surface area (Å²) in [4.78, 5) is 4.07. The molecule has 1 unspecified atom stereocenters. The maximum atomic E-state index is 4.07. The Labute approximate surface area is 132 Å². The molecule has 3 rings (SSSR count). The summed E-state index contributed by atoms with van der Waals surface area (Å²) in [5.41, 5.74) is 3.46. The van der Waals surface area contributed by atoms with E-state index in [1.807, 2.05) is 29.0 Å². The lowest BCUT2D eigenvalue weighted by molar-refractivity contribution is 0.881. The van der Waals surface area contributed by atoms with Crippen LogP contribution in [-0.4, -0.2) is 9.55 Å². The molecule has 0 spiro atoms. The first kappa shape index (κ1) is 13.9. The molecule has 1 aromatic heterocycles. The summed E-state index contributed by atoms with van der Waals surface area (Å²) < 4.78 is 3.07. The number of rotatable bonds is 4. The Hall–Kier alpha value is -2.07. The Balaban J connectivity index is 1.76. The van der Waals surface area contributed by atoms with Gasteiger partial charge in [0.05, 0.1) is 6.33 Å². The van der Waals surface area contributed by atoms with Gasteiger partial charge in [0.15, 0.2) is 0 Å². The lowest BCUT2D eigenvalue weighted by atomic mass is 10.1. The maximum Gasteiger partial charge on any atom is 0.0991 e. The quantitative estimate of drug-likeness (QED) is 0.738. The van der Waals surface area contributed by atoms with Crippen LogP contribution in [-0.2, 0) is 0 Å². The number of anilines is 1. The van der Waals surface area contributed by atoms with Crippen LogP contribution in [0.25, 0.3) is 5.69 Å². The Bertz CT molecular complexity index is 705. The minimum Gasteiger partial charge on any atom is -0.378 e. The van der Waals surface area contributed by atoms with E-state index >= 15 is 0 Å². The van der Waals surface area contributed by atoms with Gasteiger partial charge in [-0.05, 0) is 52.7 Å². The molecule has 1 N–H and O–H groups in total. The van der Waals surface area contributed by atoms with Crippen molar-refractivity contribution in [1.29, 1.82) is 0 Å². The lowest BCUT2D eigenvalue weighted by Gasteiger charge is -2.17. The Morgan fingerprint density at radius 2 is 1.86 bits per heavy atom. The number of aromatic nitrogens is 2. The van der Waals surface area contributed by atoms with Gasteiger partial charge < -0.3 is 9.88 Å². The van der Waals surface area contributed by atoms with Gasteiger partial charge in [-0.15, -0.1) is 0 Å². The van der Waals surface area contributed by atoms with Crippen LogP contribution < -0.4 is 5.32 Å². The predicted octanol–water partition coefficient (Wildman–Crippen LogP) is 4.81. The highest BCUT2D eigenvalue weighted by Gasteiger charge is 2.07. The van der Waals surface area contributed by atoms with E-state index in [-0.39, 0.29) is 6.04 Å². The van der Waals surface area contributed by atoms with Crippen LogP contribution in [0.4, 0.5) is 5.69 Å². The van der Waals surface area contributed by atoms with E-state index in [0.29, 0.717) is 0 Å². The molecule has 106 valence electrons. The van der Waals surface area contributed by atoms with Crippen molar-refractivity contribution in [3.8, 4) is 5.69 Å². The van der Waals surface area contributed by atoms with E-state index in [4.69, 9.17) is 0 Å². The molecule has 0 aliphatic carbocycles. The zero-order valence-electron chi connectivity index (χ0n) is 11.7. The largest absolute Gasteiger partial charge is 0.378 e. The minimum absolute atomic E-state index is 0.237. The summed E-state index contributed by atoms with van der Waals surface area (Å²) in [5.74, 6) is 0. The molecular formula is C17H16BrN3. The Kier molecular flexibility index (Phi) is 4.06. The summed E-state index contributed by atoms with van der Waals surface area (Å²) in [7, 11) is 0. The molecule has 3 aromatic rings. The van der Waals surface area contributed by atoms with E-state index in [9.17, 15) is 0 Å². The van der Waals surface area contributed by atoms with Gasteiger partial charge in [0.2, 0.25) is 0 Å². The van der Waals surface area contributed by atoms with Crippen molar-refractivity contribution >= 4 is 21.6 Å². The molecule has 0 fully saturated rings. The van der Waals surface area contributed by atoms with Crippen LogP contribution in [0.5, 0.6) is 0 Å². The van der Waals surface area contributed by atoms with Crippen molar-refractivity contribution in [2.45, 2.75) is 13.0 Å². The SMILES string of the molecule is CC(Nc1ccccc1Br)c1ccc(-n2ccnc2)cc1. The van der Waals surface area contributed by atoms with Gasteiger partial charge in [0.25, 0.3) is 0 Å². The molecule has 0 aliphatic rings. The van der Waals surface area contributed by atoms with Crippen LogP contribution in [0.15, 0.2) is 71.7 Å². The van der Waals surface area contributed by atoms with Crippen LogP contribution >= 0.6 is 15.9 Å². The number of nitrogens with one attached hydrogen (secondary N) is 1. The monoisotopic (exact) mass is 341 g/mol. The third-order valence-electron chi connectivity index (χ3n) is 3.44. The number of hydrogen-bond acceptors (Lipinski definition) is 2. The fourth-order valence-corrected chi connectivity index (χ4v) is 2.64. The highest BCUT2D eigenvalue weighted by atomic mass is 79.9. The van der Waals surface area contributed by atoms with Crippen molar-refractivity contribution in [2.75, 3.05) is 5.32 Å². The average Bonchev–Trinajstić information content (AvgIpc) is 3.04. The molecule has 1 atom stereocenters. The van der Waals surface area contributed by atoms with E-state index in [2.05, 4.69) is 63.5 Å². The van der Waals surface area contributed by atoms with Gasteiger partial charge in [-0.25, -0.2) is 4.98 Å². The van der Waals surface area contributed by atoms with E-state index < -0.39 is 0 Å². The Morgan fingerprint density at radius 1 is 1.10 bits per heavy atom. The maximum absolute atomic E-state index is 4.07. The topological polar surface area (TPSA) is 29.9 Å². The highest BCUT2D eigenvalue weighted by Crippen LogP contribution is 2.26. The third kappa shape index (κ3) is 3.16. The number of hydrogen-bond donors (Lipinski definition) is 1. The fraction of sp³-hybridized carbons (Fsp3) is 0.118. The van der Waals surface area contributed by atoms with Crippen LogP contribution in [0.2, 0.25) is 0 Å². The molecule has 0 amide bonds. The second kappa shape index (κ2) is 6.14. The molecule has 21 heavy (non-hydrogen) atoms. The zero-order chi connectivity index (χ0) is 14.7. The molecule has 2 aromatic carbocycles. The van der Waals surface area contributed by atoms with Gasteiger partial charge in [0.1, 0.15) is 0 Å². The Morgan fingerprint density at radius 3 is 2.52 bits per heavy atom. The van der Waals surface area contributed by atoms with E-state index in [0.717, 1.165) is 15.8 Å². The van der Waals surface area contributed by atoms with Crippen LogP contribution in [0.3, 0.4) is 0 Å². The first-order valence-corrected chi connectivity index (χ1v) is 7.63. The van der Waals surface area contributed by atoms with Crippen molar-refractivity contribution in [3.63, 3.8) is 0 Å². The molecule has 0 saturated carbocycles. The average molecular weight is 342 g/mol. The van der Waals surface area contributed by atoms with Gasteiger partial charge >= 0.3 is 0 Å². The number of imidazole rings is 1. The first-order valence-electron chi connectivity index (χ1n) is 6.83. The summed E-state index contributed by atoms with van der Waals surface area (Å²) >= 11 is 3.56. The second-order valence-electron chi connectivity index (χ2n) is 4.91. The first-order chi connectivity index (χ1) is 10.2. The minimum atomic E-state index is 0.237. The standard InChI is InChI=1S/C17H16BrN3/c1-13(20-17-5-3-2-4-16(17)18)14-6-8-15(9-7-14)21-11-10-19-12-21/h2-13,20H,1H3. The van der Waals surface area contributed by atoms with Crippen LogP contribution in [0, 0.1) is 0 Å². The van der Waals surface area contributed by atoms with Crippen molar-refractivity contribution in [2.24, 2.45) is 0 Å². The number of benzene rings is 2. The normalized spacial score (nSPS) is 12.1. The molecule has 0 aliphatic heterocycles. The van der Waals surface area contributed by atoms with Crippen molar-refractivity contribution in [3.05, 3.63) is 77.3 Å². The molecular weight excluding hydrogens is 326 g/mol. The molecule has 3 nitrogen and oxygen atoms in total. The summed E-state index contributed by atoms with van der Waals surface area (Å²) in [5, 5.41) is 3.51. The molecule has 0 radical (unpaired) electrons. The summed E-state index contributed by atoms with van der Waals surface area (Å²) in [6, 6.07) is 16.9. The summed E-state index contributed by atoms with van der Waals surface area (Å²) in [6.07, 6.45) is 5.53. The second-order valence-corrected chi connectivity index (χ2v) is 5.76.